The third-order valence-corrected chi connectivity index (χ3v) is 6.32. The summed E-state index contributed by atoms with van der Waals surface area (Å²) in [6, 6.07) is 5.01. The van der Waals surface area contributed by atoms with Crippen LogP contribution in [0.5, 0.6) is 0 Å². The summed E-state index contributed by atoms with van der Waals surface area (Å²) >= 11 is 0. The van der Waals surface area contributed by atoms with E-state index in [1.807, 2.05) is 0 Å². The van der Waals surface area contributed by atoms with Crippen molar-refractivity contribution in [1.82, 2.24) is 4.72 Å². The Balaban J connectivity index is 2.00. The number of hydrogen-bond acceptors (Lipinski definition) is 4. The van der Waals surface area contributed by atoms with Gasteiger partial charge in [-0.25, -0.2) is 13.1 Å². The van der Waals surface area contributed by atoms with E-state index in [9.17, 15) is 18.5 Å². The fourth-order valence-corrected chi connectivity index (χ4v) is 4.62. The van der Waals surface area contributed by atoms with E-state index in [-0.39, 0.29) is 16.6 Å². The number of nitro groups is 1. The predicted octanol–water partition coefficient (Wildman–Crippen LogP) is 4.55. The predicted molar refractivity (Wildman–Crippen MR) is 98.0 cm³/mol. The summed E-state index contributed by atoms with van der Waals surface area (Å²) in [6.07, 6.45) is 12.4. The van der Waals surface area contributed by atoms with Gasteiger partial charge >= 0.3 is 0 Å². The molecule has 1 aromatic rings. The number of rotatable bonds is 4. The molecular weight excluding hydrogens is 340 g/mol. The molecule has 7 heteroatoms. The van der Waals surface area contributed by atoms with Gasteiger partial charge in [-0.15, -0.1) is 0 Å². The third kappa shape index (κ3) is 6.74. The number of hydrogen-bond donors (Lipinski definition) is 1. The standard InChI is InChI=1S/C18H28N2O4S/c21-20(22)17-12-14-18(15-13-17)25(23,24)19-16-10-8-6-4-2-1-3-5-7-9-11-16/h12-16,19H,1-11H2. The fourth-order valence-electron chi connectivity index (χ4n) is 3.32. The van der Waals surface area contributed by atoms with Crippen LogP contribution in [0.1, 0.15) is 70.6 Å². The molecule has 0 amide bonds. The minimum absolute atomic E-state index is 0.0559. The van der Waals surface area contributed by atoms with Crippen molar-refractivity contribution >= 4 is 15.7 Å². The Bertz CT molecular complexity index is 632. The van der Waals surface area contributed by atoms with Gasteiger partial charge in [-0.1, -0.05) is 57.8 Å². The van der Waals surface area contributed by atoms with Crippen LogP contribution in [-0.2, 0) is 10.0 Å². The van der Waals surface area contributed by atoms with Crippen LogP contribution in [0, 0.1) is 10.1 Å². The van der Waals surface area contributed by atoms with E-state index in [0.29, 0.717) is 0 Å². The molecule has 0 aliphatic heterocycles. The van der Waals surface area contributed by atoms with Crippen LogP contribution in [-0.4, -0.2) is 19.4 Å². The maximum absolute atomic E-state index is 12.6. The summed E-state index contributed by atoms with van der Waals surface area (Å²) in [5.74, 6) is 0. The summed E-state index contributed by atoms with van der Waals surface area (Å²) < 4.78 is 28.0. The van der Waals surface area contributed by atoms with Gasteiger partial charge in [0.1, 0.15) is 0 Å². The zero-order valence-electron chi connectivity index (χ0n) is 14.7. The molecule has 0 heterocycles. The monoisotopic (exact) mass is 368 g/mol. The van der Waals surface area contributed by atoms with E-state index < -0.39 is 14.9 Å². The Labute approximate surface area is 150 Å². The maximum Gasteiger partial charge on any atom is 0.269 e. The maximum atomic E-state index is 12.6. The van der Waals surface area contributed by atoms with E-state index in [2.05, 4.69) is 4.72 Å². The molecule has 0 aromatic heterocycles. The Morgan fingerprint density at radius 3 is 1.72 bits per heavy atom. The third-order valence-electron chi connectivity index (χ3n) is 4.78. The van der Waals surface area contributed by atoms with Crippen molar-refractivity contribution in [2.24, 2.45) is 0 Å². The van der Waals surface area contributed by atoms with Crippen LogP contribution in [0.4, 0.5) is 5.69 Å². The van der Waals surface area contributed by atoms with Crippen LogP contribution >= 0.6 is 0 Å². The summed E-state index contributed by atoms with van der Waals surface area (Å²) in [5.41, 5.74) is -0.107. The molecule has 1 aliphatic rings. The molecule has 1 saturated carbocycles. The number of nitrogens with one attached hydrogen (secondary N) is 1. The van der Waals surface area contributed by atoms with Crippen molar-refractivity contribution in [2.75, 3.05) is 0 Å². The summed E-state index contributed by atoms with van der Waals surface area (Å²) in [4.78, 5) is 10.3. The molecule has 0 saturated heterocycles. The van der Waals surface area contributed by atoms with Gasteiger partial charge in [0.25, 0.3) is 5.69 Å². The highest BCUT2D eigenvalue weighted by atomic mass is 32.2. The lowest BCUT2D eigenvalue weighted by atomic mass is 9.98. The quantitative estimate of drug-likeness (QED) is 0.624. The first-order valence-corrected chi connectivity index (χ1v) is 10.7. The lowest BCUT2D eigenvalue weighted by Gasteiger charge is -2.19. The molecule has 0 unspecified atom stereocenters. The van der Waals surface area contributed by atoms with Gasteiger partial charge in [-0.05, 0) is 25.0 Å². The van der Waals surface area contributed by atoms with Crippen LogP contribution in [0.15, 0.2) is 29.2 Å². The highest BCUT2D eigenvalue weighted by molar-refractivity contribution is 7.89. The average molecular weight is 368 g/mol. The van der Waals surface area contributed by atoms with Crippen molar-refractivity contribution in [3.63, 3.8) is 0 Å². The molecule has 2 rings (SSSR count). The normalized spacial score (nSPS) is 18.9. The van der Waals surface area contributed by atoms with E-state index in [0.717, 1.165) is 38.5 Å². The first-order valence-electron chi connectivity index (χ1n) is 9.26. The van der Waals surface area contributed by atoms with E-state index in [1.54, 1.807) is 0 Å². The number of nitro benzene ring substituents is 1. The van der Waals surface area contributed by atoms with Gasteiger partial charge in [0.15, 0.2) is 0 Å². The molecule has 0 atom stereocenters. The van der Waals surface area contributed by atoms with E-state index in [1.165, 1.54) is 56.4 Å². The molecular formula is C18H28N2O4S. The smallest absolute Gasteiger partial charge is 0.258 e. The zero-order valence-corrected chi connectivity index (χ0v) is 15.5. The molecule has 1 aromatic carbocycles. The van der Waals surface area contributed by atoms with Gasteiger partial charge < -0.3 is 0 Å². The second kappa shape index (κ2) is 9.87. The van der Waals surface area contributed by atoms with Gasteiger partial charge in [-0.3, -0.25) is 10.1 Å². The van der Waals surface area contributed by atoms with E-state index in [4.69, 9.17) is 0 Å². The van der Waals surface area contributed by atoms with Crippen molar-refractivity contribution in [2.45, 2.75) is 81.6 Å². The molecule has 0 radical (unpaired) electrons. The summed E-state index contributed by atoms with van der Waals surface area (Å²) in [5, 5.41) is 10.7. The largest absolute Gasteiger partial charge is 0.269 e. The van der Waals surface area contributed by atoms with E-state index >= 15 is 0 Å². The SMILES string of the molecule is O=[N+]([O-])c1ccc(S(=O)(=O)NC2CCCCCCCCCCC2)cc1. The second-order valence-electron chi connectivity index (χ2n) is 6.83. The number of non-ortho nitro benzene ring substituents is 1. The molecule has 1 aliphatic carbocycles. The van der Waals surface area contributed by atoms with Gasteiger partial charge in [0, 0.05) is 18.2 Å². The Kier molecular flexibility index (Phi) is 7.84. The summed E-state index contributed by atoms with van der Waals surface area (Å²) in [7, 11) is -3.64. The zero-order chi connectivity index (χ0) is 18.1. The Morgan fingerprint density at radius 2 is 1.28 bits per heavy atom. The lowest BCUT2D eigenvalue weighted by Crippen LogP contribution is -2.34. The van der Waals surface area contributed by atoms with Crippen molar-refractivity contribution < 1.29 is 13.3 Å². The Morgan fingerprint density at radius 1 is 0.840 bits per heavy atom. The fraction of sp³-hybridized carbons (Fsp3) is 0.667. The van der Waals surface area contributed by atoms with Gasteiger partial charge in [-0.2, -0.15) is 0 Å². The van der Waals surface area contributed by atoms with Crippen molar-refractivity contribution in [3.8, 4) is 0 Å². The van der Waals surface area contributed by atoms with Crippen LogP contribution in [0.2, 0.25) is 0 Å². The van der Waals surface area contributed by atoms with Crippen LogP contribution < -0.4 is 4.72 Å². The van der Waals surface area contributed by atoms with Crippen molar-refractivity contribution in [3.05, 3.63) is 34.4 Å². The summed E-state index contributed by atoms with van der Waals surface area (Å²) in [6.45, 7) is 0. The average Bonchev–Trinajstić information content (AvgIpc) is 2.57. The van der Waals surface area contributed by atoms with Gasteiger partial charge in [0.05, 0.1) is 9.82 Å². The molecule has 1 fully saturated rings. The second-order valence-corrected chi connectivity index (χ2v) is 8.54. The number of nitrogens with zero attached hydrogens (tertiary/aromatic N) is 1. The van der Waals surface area contributed by atoms with Gasteiger partial charge in [0.2, 0.25) is 10.0 Å². The minimum Gasteiger partial charge on any atom is -0.258 e. The minimum atomic E-state index is -3.64. The Hall–Kier alpha value is -1.47. The molecule has 6 nitrogen and oxygen atoms in total. The first kappa shape index (κ1) is 19.8. The topological polar surface area (TPSA) is 89.3 Å². The molecule has 140 valence electrons. The van der Waals surface area contributed by atoms with Crippen LogP contribution in [0.3, 0.4) is 0 Å². The highest BCUT2D eigenvalue weighted by Gasteiger charge is 2.20. The molecule has 0 spiro atoms. The lowest BCUT2D eigenvalue weighted by molar-refractivity contribution is -0.384. The van der Waals surface area contributed by atoms with Crippen molar-refractivity contribution in [1.29, 1.82) is 0 Å². The number of benzene rings is 1. The first-order chi connectivity index (χ1) is 12.0. The number of sulfonamides is 1. The molecule has 25 heavy (non-hydrogen) atoms. The highest BCUT2D eigenvalue weighted by Crippen LogP contribution is 2.20. The van der Waals surface area contributed by atoms with Crippen LogP contribution in [0.25, 0.3) is 0 Å². The molecule has 0 bridgehead atoms. The molecule has 1 N–H and O–H groups in total.